The van der Waals surface area contributed by atoms with Crippen LogP contribution in [-0.4, -0.2) is 47.3 Å². The first-order valence-corrected chi connectivity index (χ1v) is 8.54. The summed E-state index contributed by atoms with van der Waals surface area (Å²) in [6.07, 6.45) is 2.27. The molecule has 0 aliphatic carbocycles. The van der Waals surface area contributed by atoms with Crippen LogP contribution in [0.2, 0.25) is 0 Å². The monoisotopic (exact) mass is 335 g/mol. The Hall–Kier alpha value is -2.05. The molecular weight excluding hydrogens is 306 g/mol. The highest BCUT2D eigenvalue weighted by Crippen LogP contribution is 2.19. The van der Waals surface area contributed by atoms with Gasteiger partial charge >= 0.3 is 6.09 Å². The second kappa shape index (κ2) is 7.68. The van der Waals surface area contributed by atoms with Gasteiger partial charge in [-0.2, -0.15) is 4.98 Å². The Kier molecular flexibility index (Phi) is 5.85. The Morgan fingerprint density at radius 3 is 2.88 bits per heavy atom. The second-order valence-electron chi connectivity index (χ2n) is 7.59. The zero-order valence-electron chi connectivity index (χ0n) is 15.3. The van der Waals surface area contributed by atoms with Crippen molar-refractivity contribution in [1.29, 1.82) is 0 Å². The SMILES string of the molecule is CC(C)CNc1nccc(N2CC[C@@H](NC(=O)OC(C)(C)C)C2)n1. The molecule has 0 bridgehead atoms. The lowest BCUT2D eigenvalue weighted by Gasteiger charge is -2.22. The molecule has 1 fully saturated rings. The lowest BCUT2D eigenvalue weighted by Crippen LogP contribution is -2.40. The normalized spacial score (nSPS) is 17.9. The van der Waals surface area contributed by atoms with E-state index in [1.807, 2.05) is 26.8 Å². The van der Waals surface area contributed by atoms with Crippen molar-refractivity contribution in [3.05, 3.63) is 12.3 Å². The lowest BCUT2D eigenvalue weighted by atomic mass is 10.2. The van der Waals surface area contributed by atoms with Gasteiger partial charge in [0.15, 0.2) is 0 Å². The molecule has 24 heavy (non-hydrogen) atoms. The van der Waals surface area contributed by atoms with Gasteiger partial charge in [0.2, 0.25) is 5.95 Å². The zero-order chi connectivity index (χ0) is 17.7. The van der Waals surface area contributed by atoms with Crippen molar-refractivity contribution in [2.45, 2.75) is 52.7 Å². The third-order valence-electron chi connectivity index (χ3n) is 3.54. The summed E-state index contributed by atoms with van der Waals surface area (Å²) in [7, 11) is 0. The predicted octanol–water partition coefficient (Wildman–Crippen LogP) is 2.65. The number of carbonyl (C=O) groups is 1. The molecule has 0 saturated carbocycles. The number of nitrogens with one attached hydrogen (secondary N) is 2. The molecule has 1 aliphatic heterocycles. The molecular formula is C17H29N5O2. The quantitative estimate of drug-likeness (QED) is 0.861. The van der Waals surface area contributed by atoms with Gasteiger partial charge in [-0.1, -0.05) is 13.8 Å². The molecule has 1 aliphatic rings. The average Bonchev–Trinajstić information content (AvgIpc) is 2.91. The number of hydrogen-bond donors (Lipinski definition) is 2. The summed E-state index contributed by atoms with van der Waals surface area (Å²) in [5, 5.41) is 6.17. The van der Waals surface area contributed by atoms with Crippen molar-refractivity contribution < 1.29 is 9.53 Å². The Morgan fingerprint density at radius 1 is 1.46 bits per heavy atom. The number of rotatable bonds is 5. The minimum atomic E-state index is -0.480. The van der Waals surface area contributed by atoms with Crippen molar-refractivity contribution in [2.24, 2.45) is 5.92 Å². The van der Waals surface area contributed by atoms with Crippen LogP contribution in [0.15, 0.2) is 12.3 Å². The molecule has 1 amide bonds. The summed E-state index contributed by atoms with van der Waals surface area (Å²) in [4.78, 5) is 22.8. The van der Waals surface area contributed by atoms with Crippen LogP contribution in [0.25, 0.3) is 0 Å². The maximum absolute atomic E-state index is 11.9. The van der Waals surface area contributed by atoms with Crippen LogP contribution in [0.1, 0.15) is 41.0 Å². The maximum atomic E-state index is 11.9. The summed E-state index contributed by atoms with van der Waals surface area (Å²) in [5.74, 6) is 2.06. The van der Waals surface area contributed by atoms with E-state index in [2.05, 4.69) is 39.3 Å². The van der Waals surface area contributed by atoms with Crippen LogP contribution < -0.4 is 15.5 Å². The molecule has 1 atom stereocenters. The van der Waals surface area contributed by atoms with Crippen LogP contribution in [-0.2, 0) is 4.74 Å². The summed E-state index contributed by atoms with van der Waals surface area (Å²) in [5.41, 5.74) is -0.480. The average molecular weight is 335 g/mol. The zero-order valence-corrected chi connectivity index (χ0v) is 15.3. The molecule has 7 heteroatoms. The van der Waals surface area contributed by atoms with Crippen LogP contribution in [0.4, 0.5) is 16.6 Å². The number of alkyl carbamates (subject to hydrolysis) is 1. The standard InChI is InChI=1S/C17H29N5O2/c1-12(2)10-19-15-18-8-6-14(21-15)22-9-7-13(11-22)20-16(23)24-17(3,4)5/h6,8,12-13H,7,9-11H2,1-5H3,(H,20,23)(H,18,19,21)/t13-/m1/s1. The van der Waals surface area contributed by atoms with E-state index in [9.17, 15) is 4.79 Å². The third kappa shape index (κ3) is 5.86. The van der Waals surface area contributed by atoms with Gasteiger partial charge in [-0.25, -0.2) is 9.78 Å². The molecule has 1 aromatic rings. The van der Waals surface area contributed by atoms with Crippen molar-refractivity contribution in [3.63, 3.8) is 0 Å². The minimum Gasteiger partial charge on any atom is -0.444 e. The van der Waals surface area contributed by atoms with E-state index in [0.29, 0.717) is 11.9 Å². The van der Waals surface area contributed by atoms with Crippen LogP contribution in [0.5, 0.6) is 0 Å². The third-order valence-corrected chi connectivity index (χ3v) is 3.54. The van der Waals surface area contributed by atoms with E-state index in [-0.39, 0.29) is 12.1 Å². The fraction of sp³-hybridized carbons (Fsp3) is 0.706. The Morgan fingerprint density at radius 2 is 2.21 bits per heavy atom. The molecule has 2 rings (SSSR count). The lowest BCUT2D eigenvalue weighted by molar-refractivity contribution is 0.0509. The van der Waals surface area contributed by atoms with Gasteiger partial charge in [0.25, 0.3) is 0 Å². The summed E-state index contributed by atoms with van der Waals surface area (Å²) >= 11 is 0. The van der Waals surface area contributed by atoms with Gasteiger partial charge in [0, 0.05) is 25.8 Å². The van der Waals surface area contributed by atoms with Gasteiger partial charge in [-0.05, 0) is 39.2 Å². The van der Waals surface area contributed by atoms with E-state index in [1.54, 1.807) is 6.20 Å². The van der Waals surface area contributed by atoms with Crippen LogP contribution in [0, 0.1) is 5.92 Å². The highest BCUT2D eigenvalue weighted by molar-refractivity contribution is 5.68. The molecule has 1 aromatic heterocycles. The van der Waals surface area contributed by atoms with Gasteiger partial charge in [0.05, 0.1) is 6.04 Å². The topological polar surface area (TPSA) is 79.4 Å². The molecule has 134 valence electrons. The number of aromatic nitrogens is 2. The number of amides is 1. The maximum Gasteiger partial charge on any atom is 0.407 e. The first kappa shape index (κ1) is 18.3. The minimum absolute atomic E-state index is 0.0712. The number of anilines is 2. The largest absolute Gasteiger partial charge is 0.444 e. The van der Waals surface area contributed by atoms with Crippen molar-refractivity contribution in [1.82, 2.24) is 15.3 Å². The van der Waals surface area contributed by atoms with Gasteiger partial charge < -0.3 is 20.3 Å². The fourth-order valence-electron chi connectivity index (χ4n) is 2.47. The van der Waals surface area contributed by atoms with Crippen molar-refractivity contribution >= 4 is 17.9 Å². The molecule has 2 heterocycles. The Bertz CT molecular complexity index is 556. The van der Waals surface area contributed by atoms with Gasteiger partial charge in [-0.15, -0.1) is 0 Å². The highest BCUT2D eigenvalue weighted by atomic mass is 16.6. The molecule has 0 unspecified atom stereocenters. The van der Waals surface area contributed by atoms with Crippen LogP contribution in [0.3, 0.4) is 0 Å². The summed E-state index contributed by atoms with van der Waals surface area (Å²) < 4.78 is 5.31. The van der Waals surface area contributed by atoms with E-state index in [4.69, 9.17) is 4.74 Å². The van der Waals surface area contributed by atoms with E-state index >= 15 is 0 Å². The molecule has 0 radical (unpaired) electrons. The van der Waals surface area contributed by atoms with Crippen molar-refractivity contribution in [3.8, 4) is 0 Å². The van der Waals surface area contributed by atoms with E-state index in [1.165, 1.54) is 0 Å². The first-order valence-electron chi connectivity index (χ1n) is 8.54. The molecule has 2 N–H and O–H groups in total. The fourth-order valence-corrected chi connectivity index (χ4v) is 2.47. The number of hydrogen-bond acceptors (Lipinski definition) is 6. The predicted molar refractivity (Wildman–Crippen MR) is 95.3 cm³/mol. The molecule has 0 aromatic carbocycles. The molecule has 7 nitrogen and oxygen atoms in total. The number of ether oxygens (including phenoxy) is 1. The highest BCUT2D eigenvalue weighted by Gasteiger charge is 2.27. The number of carbonyl (C=O) groups excluding carboxylic acids is 1. The Balaban J connectivity index is 1.88. The Labute approximate surface area is 144 Å². The molecule has 0 spiro atoms. The molecule has 1 saturated heterocycles. The summed E-state index contributed by atoms with van der Waals surface area (Å²) in [6, 6.07) is 1.97. The van der Waals surface area contributed by atoms with Gasteiger partial charge in [-0.3, -0.25) is 0 Å². The first-order chi connectivity index (χ1) is 11.2. The van der Waals surface area contributed by atoms with Crippen LogP contribution >= 0.6 is 0 Å². The summed E-state index contributed by atoms with van der Waals surface area (Å²) in [6.45, 7) is 12.3. The van der Waals surface area contributed by atoms with Gasteiger partial charge in [0.1, 0.15) is 11.4 Å². The second-order valence-corrected chi connectivity index (χ2v) is 7.59. The smallest absolute Gasteiger partial charge is 0.407 e. The van der Waals surface area contributed by atoms with E-state index < -0.39 is 5.60 Å². The number of nitrogens with zero attached hydrogens (tertiary/aromatic N) is 3. The van der Waals surface area contributed by atoms with Crippen molar-refractivity contribution in [2.75, 3.05) is 29.9 Å². The van der Waals surface area contributed by atoms with E-state index in [0.717, 1.165) is 31.9 Å².